The fraction of sp³-hybridized carbons (Fsp3) is 0.857. The lowest BCUT2D eigenvalue weighted by atomic mass is 9.90. The SMILES string of the molecule is CC(=O)C[C@@](F)(C(F)(F)F)C(F)(F)C(F)(F)F. The van der Waals surface area contributed by atoms with E-state index < -0.39 is 36.1 Å². The van der Waals surface area contributed by atoms with Crippen LogP contribution in [0.1, 0.15) is 13.3 Å². The van der Waals surface area contributed by atoms with Crippen LogP contribution in [0.3, 0.4) is 0 Å². The number of halogens is 9. The first-order chi connectivity index (χ1) is 7.17. The molecule has 102 valence electrons. The number of hydrogen-bond acceptors (Lipinski definition) is 1. The Morgan fingerprint density at radius 2 is 1.18 bits per heavy atom. The first-order valence-corrected chi connectivity index (χ1v) is 3.86. The van der Waals surface area contributed by atoms with Crippen LogP contribution in [-0.2, 0) is 4.79 Å². The van der Waals surface area contributed by atoms with Gasteiger partial charge in [0.1, 0.15) is 5.78 Å². The van der Waals surface area contributed by atoms with Crippen molar-refractivity contribution in [2.24, 2.45) is 0 Å². The van der Waals surface area contributed by atoms with E-state index in [9.17, 15) is 44.3 Å². The second-order valence-corrected chi connectivity index (χ2v) is 3.25. The Labute approximate surface area is 88.6 Å². The molecule has 1 atom stereocenters. The number of Topliss-reactive ketones (excluding diaryl/α,β-unsaturated/α-hetero) is 1. The van der Waals surface area contributed by atoms with Crippen LogP contribution in [0.4, 0.5) is 39.5 Å². The lowest BCUT2D eigenvalue weighted by Gasteiger charge is -2.35. The van der Waals surface area contributed by atoms with E-state index in [1.165, 1.54) is 0 Å². The molecule has 0 aliphatic carbocycles. The summed E-state index contributed by atoms with van der Waals surface area (Å²) in [6.07, 6.45) is -15.9. The lowest BCUT2D eigenvalue weighted by Crippen LogP contribution is -2.62. The summed E-state index contributed by atoms with van der Waals surface area (Å²) < 4.78 is 109. The zero-order valence-corrected chi connectivity index (χ0v) is 8.02. The minimum absolute atomic E-state index is 0.270. The van der Waals surface area contributed by atoms with E-state index >= 15 is 0 Å². The average Bonchev–Trinajstić information content (AvgIpc) is 1.97. The van der Waals surface area contributed by atoms with E-state index in [-0.39, 0.29) is 6.92 Å². The molecule has 0 radical (unpaired) electrons. The normalized spacial score (nSPS) is 17.8. The average molecular weight is 276 g/mol. The molecule has 0 heterocycles. The van der Waals surface area contributed by atoms with Crippen LogP contribution in [0.2, 0.25) is 0 Å². The highest BCUT2D eigenvalue weighted by Crippen LogP contribution is 2.54. The third-order valence-corrected chi connectivity index (χ3v) is 1.80. The molecule has 0 aromatic carbocycles. The molecule has 0 aromatic heterocycles. The first-order valence-electron chi connectivity index (χ1n) is 3.86. The molecule has 0 spiro atoms. The molecule has 0 amide bonds. The van der Waals surface area contributed by atoms with Gasteiger partial charge in [-0.3, -0.25) is 4.79 Å². The van der Waals surface area contributed by atoms with Gasteiger partial charge in [0.2, 0.25) is 0 Å². The van der Waals surface area contributed by atoms with E-state index in [2.05, 4.69) is 0 Å². The topological polar surface area (TPSA) is 17.1 Å². The molecule has 0 fully saturated rings. The van der Waals surface area contributed by atoms with Crippen molar-refractivity contribution < 1.29 is 44.3 Å². The van der Waals surface area contributed by atoms with Crippen LogP contribution in [0.25, 0.3) is 0 Å². The van der Waals surface area contributed by atoms with E-state index in [4.69, 9.17) is 0 Å². The Balaban J connectivity index is 5.73. The van der Waals surface area contributed by atoms with Gasteiger partial charge in [0.05, 0.1) is 6.42 Å². The summed E-state index contributed by atoms with van der Waals surface area (Å²) in [4.78, 5) is 10.2. The highest BCUT2D eigenvalue weighted by Gasteiger charge is 2.81. The van der Waals surface area contributed by atoms with E-state index in [0.717, 1.165) is 0 Å². The van der Waals surface area contributed by atoms with Gasteiger partial charge < -0.3 is 0 Å². The summed E-state index contributed by atoms with van der Waals surface area (Å²) in [7, 11) is 0. The summed E-state index contributed by atoms with van der Waals surface area (Å²) >= 11 is 0. The minimum atomic E-state index is -6.76. The van der Waals surface area contributed by atoms with E-state index in [0.29, 0.717) is 0 Å². The molecule has 0 unspecified atom stereocenters. The van der Waals surface area contributed by atoms with Crippen LogP contribution in [0.5, 0.6) is 0 Å². The summed E-state index contributed by atoms with van der Waals surface area (Å²) in [5, 5.41) is 0. The second kappa shape index (κ2) is 4.05. The number of alkyl halides is 9. The van der Waals surface area contributed by atoms with Crippen LogP contribution >= 0.6 is 0 Å². The largest absolute Gasteiger partial charge is 0.457 e. The van der Waals surface area contributed by atoms with Gasteiger partial charge >= 0.3 is 18.3 Å². The molecule has 1 nitrogen and oxygen atoms in total. The molecule has 0 aliphatic rings. The number of ketones is 1. The van der Waals surface area contributed by atoms with Gasteiger partial charge in [0, 0.05) is 0 Å². The van der Waals surface area contributed by atoms with Gasteiger partial charge in [-0.15, -0.1) is 0 Å². The van der Waals surface area contributed by atoms with Crippen molar-refractivity contribution >= 4 is 5.78 Å². The highest BCUT2D eigenvalue weighted by molar-refractivity contribution is 5.77. The molecule has 0 bridgehead atoms. The Hall–Kier alpha value is -0.960. The maximum absolute atomic E-state index is 13.0. The van der Waals surface area contributed by atoms with Gasteiger partial charge in [0.25, 0.3) is 5.67 Å². The van der Waals surface area contributed by atoms with E-state index in [1.807, 2.05) is 0 Å². The summed E-state index contributed by atoms with van der Waals surface area (Å²) in [5.74, 6) is -8.49. The molecule has 0 aromatic rings. The van der Waals surface area contributed by atoms with Gasteiger partial charge in [-0.2, -0.15) is 35.1 Å². The second-order valence-electron chi connectivity index (χ2n) is 3.25. The molecule has 10 heteroatoms. The first kappa shape index (κ1) is 16.0. The molecule has 17 heavy (non-hydrogen) atoms. The van der Waals surface area contributed by atoms with Crippen LogP contribution in [0, 0.1) is 0 Å². The Morgan fingerprint density at radius 3 is 1.35 bits per heavy atom. The van der Waals surface area contributed by atoms with Crippen molar-refractivity contribution in [2.45, 2.75) is 37.3 Å². The zero-order valence-electron chi connectivity index (χ0n) is 8.02. The number of carbonyl (C=O) groups is 1. The van der Waals surface area contributed by atoms with Crippen molar-refractivity contribution in [2.75, 3.05) is 0 Å². The van der Waals surface area contributed by atoms with E-state index in [1.54, 1.807) is 0 Å². The molecule has 0 saturated carbocycles. The van der Waals surface area contributed by atoms with Gasteiger partial charge in [-0.25, -0.2) is 4.39 Å². The molecule has 0 rings (SSSR count). The summed E-state index contributed by atoms with van der Waals surface area (Å²) in [6.45, 7) is 0.270. The quantitative estimate of drug-likeness (QED) is 0.722. The molecule has 0 saturated heterocycles. The molecule has 0 N–H and O–H groups in total. The fourth-order valence-corrected chi connectivity index (χ4v) is 0.957. The Kier molecular flexibility index (Phi) is 3.83. The predicted molar refractivity (Wildman–Crippen MR) is 36.2 cm³/mol. The number of hydrogen-bond donors (Lipinski definition) is 0. The molecular formula is C7H5F9O. The predicted octanol–water partition coefficient (Wildman–Crippen LogP) is 3.43. The third kappa shape index (κ3) is 2.65. The van der Waals surface area contributed by atoms with Gasteiger partial charge in [-0.05, 0) is 6.92 Å². The van der Waals surface area contributed by atoms with Gasteiger partial charge in [0.15, 0.2) is 0 Å². The Bertz CT molecular complexity index is 301. The Morgan fingerprint density at radius 1 is 0.824 bits per heavy atom. The van der Waals surface area contributed by atoms with Crippen LogP contribution in [-0.4, -0.2) is 29.7 Å². The maximum Gasteiger partial charge on any atom is 0.457 e. The van der Waals surface area contributed by atoms with Crippen molar-refractivity contribution in [3.8, 4) is 0 Å². The van der Waals surface area contributed by atoms with Crippen LogP contribution < -0.4 is 0 Å². The summed E-state index contributed by atoms with van der Waals surface area (Å²) in [6, 6.07) is 0. The third-order valence-electron chi connectivity index (χ3n) is 1.80. The summed E-state index contributed by atoms with van der Waals surface area (Å²) in [5.41, 5.74) is -5.97. The minimum Gasteiger partial charge on any atom is -0.300 e. The smallest absolute Gasteiger partial charge is 0.300 e. The van der Waals surface area contributed by atoms with Crippen molar-refractivity contribution in [3.05, 3.63) is 0 Å². The lowest BCUT2D eigenvalue weighted by molar-refractivity contribution is -0.382. The zero-order chi connectivity index (χ0) is 14.3. The standard InChI is InChI=1S/C7H5F9O/c1-3(17)2-4(8,6(11,12)13)5(9,10)7(14,15)16/h2H2,1H3/t4-/m0/s1. The molecule has 0 aliphatic heterocycles. The van der Waals surface area contributed by atoms with Crippen molar-refractivity contribution in [1.29, 1.82) is 0 Å². The fourth-order valence-electron chi connectivity index (χ4n) is 0.957. The van der Waals surface area contributed by atoms with Crippen molar-refractivity contribution in [1.82, 2.24) is 0 Å². The number of rotatable bonds is 3. The molecular weight excluding hydrogens is 271 g/mol. The maximum atomic E-state index is 13.0. The van der Waals surface area contributed by atoms with Crippen molar-refractivity contribution in [3.63, 3.8) is 0 Å². The highest BCUT2D eigenvalue weighted by atomic mass is 19.4. The van der Waals surface area contributed by atoms with Crippen LogP contribution in [0.15, 0.2) is 0 Å². The van der Waals surface area contributed by atoms with Gasteiger partial charge in [-0.1, -0.05) is 0 Å². The number of carbonyl (C=O) groups excluding carboxylic acids is 1. The monoisotopic (exact) mass is 276 g/mol.